The van der Waals surface area contributed by atoms with E-state index in [1.54, 1.807) is 0 Å². The number of rotatable bonds is 0. The van der Waals surface area contributed by atoms with Crippen molar-refractivity contribution in [2.45, 2.75) is 83.2 Å². The molecular formula is C15H28O. The van der Waals surface area contributed by atoms with Gasteiger partial charge in [0, 0.05) is 0 Å². The molecule has 1 N–H and O–H groups in total. The predicted octanol–water partition coefficient (Wildman–Crippen LogP) is 4.60. The summed E-state index contributed by atoms with van der Waals surface area (Å²) >= 11 is 0. The van der Waals surface area contributed by atoms with Gasteiger partial charge in [-0.1, -0.05) is 50.7 Å². The average Bonchev–Trinajstić information content (AvgIpc) is 2.29. The van der Waals surface area contributed by atoms with Gasteiger partial charge in [-0.15, -0.1) is 0 Å². The quantitative estimate of drug-likeness (QED) is 0.596. The van der Waals surface area contributed by atoms with Gasteiger partial charge in [0.25, 0.3) is 0 Å². The predicted molar refractivity (Wildman–Crippen MR) is 70.6 cm³/mol. The molecule has 0 heterocycles. The number of hydrogen-bond acceptors (Lipinski definition) is 1. The van der Waals surface area contributed by atoms with Crippen molar-refractivity contribution >= 4 is 0 Å². The van der Waals surface area contributed by atoms with Gasteiger partial charge in [-0.25, -0.2) is 0 Å². The van der Waals surface area contributed by atoms with Crippen LogP contribution in [0.4, 0.5) is 0 Å². The molecule has 1 atom stereocenters. The van der Waals surface area contributed by atoms with Crippen molar-refractivity contribution in [1.82, 2.24) is 0 Å². The van der Waals surface area contributed by atoms with Gasteiger partial charge in [-0.3, -0.25) is 0 Å². The lowest BCUT2D eigenvalue weighted by Gasteiger charge is -2.09. The zero-order chi connectivity index (χ0) is 11.5. The van der Waals surface area contributed by atoms with E-state index in [0.717, 1.165) is 25.7 Å². The first kappa shape index (κ1) is 13.8. The summed E-state index contributed by atoms with van der Waals surface area (Å²) in [4.78, 5) is 0. The monoisotopic (exact) mass is 224 g/mol. The van der Waals surface area contributed by atoms with Crippen LogP contribution in [0.5, 0.6) is 0 Å². The Bertz CT molecular complexity index is 174. The van der Waals surface area contributed by atoms with E-state index in [1.165, 1.54) is 51.4 Å². The molecule has 0 bridgehead atoms. The Morgan fingerprint density at radius 1 is 0.625 bits per heavy atom. The molecule has 0 aromatic carbocycles. The van der Waals surface area contributed by atoms with Crippen LogP contribution in [0.15, 0.2) is 12.2 Å². The molecule has 1 unspecified atom stereocenters. The second-order valence-corrected chi connectivity index (χ2v) is 5.11. The molecule has 0 amide bonds. The van der Waals surface area contributed by atoms with Gasteiger partial charge in [-0.05, 0) is 38.5 Å². The summed E-state index contributed by atoms with van der Waals surface area (Å²) < 4.78 is 0. The molecular weight excluding hydrogens is 196 g/mol. The van der Waals surface area contributed by atoms with Crippen LogP contribution in [0.25, 0.3) is 0 Å². The molecule has 0 saturated heterocycles. The van der Waals surface area contributed by atoms with Gasteiger partial charge in [0.1, 0.15) is 0 Å². The maximum Gasteiger partial charge on any atom is 0.0540 e. The van der Waals surface area contributed by atoms with Gasteiger partial charge in [0.05, 0.1) is 6.10 Å². The average molecular weight is 224 g/mol. The van der Waals surface area contributed by atoms with Crippen LogP contribution in [0.2, 0.25) is 0 Å². The van der Waals surface area contributed by atoms with E-state index in [-0.39, 0.29) is 6.10 Å². The minimum Gasteiger partial charge on any atom is -0.393 e. The second kappa shape index (κ2) is 9.89. The van der Waals surface area contributed by atoms with E-state index in [2.05, 4.69) is 12.2 Å². The molecule has 0 saturated carbocycles. The molecule has 0 aromatic rings. The van der Waals surface area contributed by atoms with Crippen LogP contribution in [0, 0.1) is 0 Å². The highest BCUT2D eigenvalue weighted by Crippen LogP contribution is 2.14. The van der Waals surface area contributed by atoms with Crippen molar-refractivity contribution in [2.75, 3.05) is 0 Å². The van der Waals surface area contributed by atoms with E-state index in [1.807, 2.05) is 0 Å². The molecule has 0 aliphatic heterocycles. The lowest BCUT2D eigenvalue weighted by atomic mass is 10.0. The summed E-state index contributed by atoms with van der Waals surface area (Å²) in [5.74, 6) is 0. The maximum atomic E-state index is 9.75. The highest BCUT2D eigenvalue weighted by molar-refractivity contribution is 4.81. The van der Waals surface area contributed by atoms with Gasteiger partial charge in [0.15, 0.2) is 0 Å². The summed E-state index contributed by atoms with van der Waals surface area (Å²) in [5.41, 5.74) is 0. The summed E-state index contributed by atoms with van der Waals surface area (Å²) in [7, 11) is 0. The maximum absolute atomic E-state index is 9.75. The summed E-state index contributed by atoms with van der Waals surface area (Å²) in [5, 5.41) is 9.75. The largest absolute Gasteiger partial charge is 0.393 e. The Morgan fingerprint density at radius 3 is 1.88 bits per heavy atom. The fourth-order valence-corrected chi connectivity index (χ4v) is 2.38. The number of allylic oxidation sites excluding steroid dienone is 2. The minimum atomic E-state index is -0.0430. The first-order valence-corrected chi connectivity index (χ1v) is 7.22. The van der Waals surface area contributed by atoms with Crippen molar-refractivity contribution < 1.29 is 5.11 Å². The van der Waals surface area contributed by atoms with Gasteiger partial charge in [-0.2, -0.15) is 0 Å². The molecule has 1 aliphatic carbocycles. The van der Waals surface area contributed by atoms with Crippen molar-refractivity contribution in [3.63, 3.8) is 0 Å². The minimum absolute atomic E-state index is 0.0430. The summed E-state index contributed by atoms with van der Waals surface area (Å²) in [6, 6.07) is 0. The molecule has 1 aliphatic rings. The highest BCUT2D eigenvalue weighted by Gasteiger charge is 2.03. The molecule has 1 rings (SSSR count). The molecule has 1 heteroatoms. The molecule has 94 valence electrons. The lowest BCUT2D eigenvalue weighted by Crippen LogP contribution is -2.05. The van der Waals surface area contributed by atoms with Gasteiger partial charge < -0.3 is 5.11 Å². The second-order valence-electron chi connectivity index (χ2n) is 5.11. The zero-order valence-corrected chi connectivity index (χ0v) is 10.7. The third kappa shape index (κ3) is 7.92. The van der Waals surface area contributed by atoms with Gasteiger partial charge >= 0.3 is 0 Å². The summed E-state index contributed by atoms with van der Waals surface area (Å²) in [6.45, 7) is 0. The van der Waals surface area contributed by atoms with Crippen LogP contribution in [0.1, 0.15) is 77.0 Å². The molecule has 0 aromatic heterocycles. The first-order valence-electron chi connectivity index (χ1n) is 7.22. The SMILES string of the molecule is OC1CCCC=CCCCCCCCCC1. The molecule has 0 spiro atoms. The lowest BCUT2D eigenvalue weighted by molar-refractivity contribution is 0.148. The number of aliphatic hydroxyl groups excluding tert-OH is 1. The Balaban J connectivity index is 2.17. The van der Waals surface area contributed by atoms with Crippen LogP contribution in [-0.4, -0.2) is 11.2 Å². The van der Waals surface area contributed by atoms with Crippen molar-refractivity contribution in [2.24, 2.45) is 0 Å². The van der Waals surface area contributed by atoms with Crippen LogP contribution >= 0.6 is 0 Å². The van der Waals surface area contributed by atoms with E-state index < -0.39 is 0 Å². The topological polar surface area (TPSA) is 20.2 Å². The molecule has 16 heavy (non-hydrogen) atoms. The van der Waals surface area contributed by atoms with E-state index in [9.17, 15) is 5.11 Å². The molecule has 0 radical (unpaired) electrons. The van der Waals surface area contributed by atoms with Crippen LogP contribution < -0.4 is 0 Å². The first-order chi connectivity index (χ1) is 7.89. The van der Waals surface area contributed by atoms with Crippen LogP contribution in [0.3, 0.4) is 0 Å². The molecule has 1 nitrogen and oxygen atoms in total. The third-order valence-corrected chi connectivity index (χ3v) is 3.48. The zero-order valence-electron chi connectivity index (χ0n) is 10.7. The van der Waals surface area contributed by atoms with E-state index >= 15 is 0 Å². The third-order valence-electron chi connectivity index (χ3n) is 3.48. The van der Waals surface area contributed by atoms with Crippen molar-refractivity contribution in [3.8, 4) is 0 Å². The Hall–Kier alpha value is -0.300. The fraction of sp³-hybridized carbons (Fsp3) is 0.867. The molecule has 0 fully saturated rings. The van der Waals surface area contributed by atoms with Gasteiger partial charge in [0.2, 0.25) is 0 Å². The highest BCUT2D eigenvalue weighted by atomic mass is 16.3. The van der Waals surface area contributed by atoms with E-state index in [4.69, 9.17) is 0 Å². The van der Waals surface area contributed by atoms with E-state index in [0.29, 0.717) is 0 Å². The number of aliphatic hydroxyl groups is 1. The Kier molecular flexibility index (Phi) is 8.51. The van der Waals surface area contributed by atoms with Crippen molar-refractivity contribution in [1.29, 1.82) is 0 Å². The Morgan fingerprint density at radius 2 is 1.12 bits per heavy atom. The standard InChI is InChI=1S/C15H28O/c16-15-13-11-9-7-5-3-1-2-4-6-8-10-12-14-15/h5,7,15-16H,1-4,6,8-14H2. The number of hydrogen-bond donors (Lipinski definition) is 1. The summed E-state index contributed by atoms with van der Waals surface area (Å²) in [6.07, 6.45) is 19.6. The Labute approximate surface area is 101 Å². The smallest absolute Gasteiger partial charge is 0.0540 e. The van der Waals surface area contributed by atoms with Crippen molar-refractivity contribution in [3.05, 3.63) is 12.2 Å². The normalized spacial score (nSPS) is 26.9. The fourth-order valence-electron chi connectivity index (χ4n) is 2.38. The van der Waals surface area contributed by atoms with Crippen LogP contribution in [-0.2, 0) is 0 Å².